The zero-order valence-corrected chi connectivity index (χ0v) is 11.5. The molecule has 1 N–H and O–H groups in total. The number of nitrogens with zero attached hydrogens (tertiary/aromatic N) is 1. The molecular formula is C15H17NO4. The number of carbonyl (C=O) groups is 1. The van der Waals surface area contributed by atoms with Crippen LogP contribution in [0.5, 0.6) is 5.75 Å². The van der Waals surface area contributed by atoms with E-state index in [-0.39, 0.29) is 5.75 Å². The summed E-state index contributed by atoms with van der Waals surface area (Å²) in [6.07, 6.45) is 1.78. The maximum Gasteiger partial charge on any atom is 0.344 e. The minimum Gasteiger partial charge on any atom is -0.508 e. The fourth-order valence-corrected chi connectivity index (χ4v) is 1.80. The van der Waals surface area contributed by atoms with Crippen LogP contribution in [0.15, 0.2) is 28.8 Å². The molecule has 2 rings (SSSR count). The van der Waals surface area contributed by atoms with Crippen molar-refractivity contribution in [1.29, 1.82) is 0 Å². The number of esters is 1. The second-order valence-electron chi connectivity index (χ2n) is 4.51. The van der Waals surface area contributed by atoms with Gasteiger partial charge in [0.15, 0.2) is 5.76 Å². The molecule has 20 heavy (non-hydrogen) atoms. The van der Waals surface area contributed by atoms with E-state index in [1.807, 2.05) is 6.92 Å². The molecule has 5 heteroatoms. The molecule has 0 atom stereocenters. The summed E-state index contributed by atoms with van der Waals surface area (Å²) in [4.78, 5) is 12.1. The van der Waals surface area contributed by atoms with E-state index in [4.69, 9.17) is 9.26 Å². The number of phenols is 1. The van der Waals surface area contributed by atoms with Crippen LogP contribution in [0.25, 0.3) is 11.3 Å². The van der Waals surface area contributed by atoms with Crippen molar-refractivity contribution in [1.82, 2.24) is 5.16 Å². The SMILES string of the molecule is CCCCOC(=O)c1c(C)noc1-c1ccc(O)cc1. The number of hydrogen-bond acceptors (Lipinski definition) is 5. The quantitative estimate of drug-likeness (QED) is 0.669. The highest BCUT2D eigenvalue weighted by Crippen LogP contribution is 2.28. The summed E-state index contributed by atoms with van der Waals surface area (Å²) in [6.45, 7) is 4.11. The molecule has 0 amide bonds. The minimum atomic E-state index is -0.430. The van der Waals surface area contributed by atoms with Gasteiger partial charge in [0.2, 0.25) is 0 Å². The van der Waals surface area contributed by atoms with E-state index in [9.17, 15) is 9.90 Å². The summed E-state index contributed by atoms with van der Waals surface area (Å²) in [5.41, 5.74) is 1.51. The number of benzene rings is 1. The summed E-state index contributed by atoms with van der Waals surface area (Å²) in [5, 5.41) is 13.1. The molecular weight excluding hydrogens is 258 g/mol. The van der Waals surface area contributed by atoms with Crippen molar-refractivity contribution < 1.29 is 19.2 Å². The van der Waals surface area contributed by atoms with Crippen LogP contribution in [-0.2, 0) is 4.74 Å². The normalized spacial score (nSPS) is 10.5. The summed E-state index contributed by atoms with van der Waals surface area (Å²) in [7, 11) is 0. The average molecular weight is 275 g/mol. The number of hydrogen-bond donors (Lipinski definition) is 1. The standard InChI is InChI=1S/C15H17NO4/c1-3-4-9-19-15(18)13-10(2)16-20-14(13)11-5-7-12(17)8-6-11/h5-8,17H,3-4,9H2,1-2H3. The second-order valence-corrected chi connectivity index (χ2v) is 4.51. The van der Waals surface area contributed by atoms with E-state index < -0.39 is 5.97 Å². The van der Waals surface area contributed by atoms with Gasteiger partial charge in [-0.05, 0) is 37.6 Å². The first kappa shape index (κ1) is 14.1. The van der Waals surface area contributed by atoms with Crippen LogP contribution in [0.2, 0.25) is 0 Å². The molecule has 106 valence electrons. The lowest BCUT2D eigenvalue weighted by Crippen LogP contribution is -2.08. The van der Waals surface area contributed by atoms with Crippen molar-refractivity contribution in [2.45, 2.75) is 26.7 Å². The Balaban J connectivity index is 2.27. The van der Waals surface area contributed by atoms with Gasteiger partial charge < -0.3 is 14.4 Å². The lowest BCUT2D eigenvalue weighted by Gasteiger charge is -2.04. The molecule has 0 aliphatic heterocycles. The van der Waals surface area contributed by atoms with Gasteiger partial charge in [0.25, 0.3) is 0 Å². The number of carbonyl (C=O) groups excluding carboxylic acids is 1. The summed E-state index contributed by atoms with van der Waals surface area (Å²) < 4.78 is 10.4. The van der Waals surface area contributed by atoms with Crippen LogP contribution >= 0.6 is 0 Å². The Labute approximate surface area is 117 Å². The molecule has 0 unspecified atom stereocenters. The highest BCUT2D eigenvalue weighted by atomic mass is 16.5. The monoisotopic (exact) mass is 275 g/mol. The van der Waals surface area contributed by atoms with Gasteiger partial charge in [0.05, 0.1) is 12.3 Å². The topological polar surface area (TPSA) is 72.6 Å². The molecule has 0 spiro atoms. The van der Waals surface area contributed by atoms with Crippen molar-refractivity contribution in [2.24, 2.45) is 0 Å². The number of aryl methyl sites for hydroxylation is 1. The Kier molecular flexibility index (Phi) is 4.40. The molecule has 0 saturated heterocycles. The third kappa shape index (κ3) is 2.99. The molecule has 5 nitrogen and oxygen atoms in total. The smallest absolute Gasteiger partial charge is 0.344 e. The number of rotatable bonds is 5. The predicted octanol–water partition coefficient (Wildman–Crippen LogP) is 3.31. The van der Waals surface area contributed by atoms with Gasteiger partial charge >= 0.3 is 5.97 Å². The van der Waals surface area contributed by atoms with Gasteiger partial charge in [-0.25, -0.2) is 4.79 Å². The van der Waals surface area contributed by atoms with Gasteiger partial charge in [-0.15, -0.1) is 0 Å². The Hall–Kier alpha value is -2.30. The molecule has 0 bridgehead atoms. The molecule has 1 aromatic heterocycles. The van der Waals surface area contributed by atoms with Gasteiger partial charge in [0.1, 0.15) is 11.3 Å². The first-order chi connectivity index (χ1) is 9.63. The Bertz CT molecular complexity index is 586. The van der Waals surface area contributed by atoms with Gasteiger partial charge in [-0.3, -0.25) is 0 Å². The number of unbranched alkanes of at least 4 members (excludes halogenated alkanes) is 1. The molecule has 0 fully saturated rings. The Morgan fingerprint density at radius 3 is 2.70 bits per heavy atom. The van der Waals surface area contributed by atoms with Crippen LogP contribution in [0.4, 0.5) is 0 Å². The van der Waals surface area contributed by atoms with Crippen molar-refractivity contribution >= 4 is 5.97 Å². The fraction of sp³-hybridized carbons (Fsp3) is 0.333. The van der Waals surface area contributed by atoms with Crippen LogP contribution in [-0.4, -0.2) is 22.8 Å². The van der Waals surface area contributed by atoms with Crippen LogP contribution < -0.4 is 0 Å². The van der Waals surface area contributed by atoms with Crippen molar-refractivity contribution in [3.63, 3.8) is 0 Å². The molecule has 0 radical (unpaired) electrons. The Morgan fingerprint density at radius 1 is 1.35 bits per heavy atom. The molecule has 0 aliphatic carbocycles. The maximum absolute atomic E-state index is 12.1. The van der Waals surface area contributed by atoms with Crippen molar-refractivity contribution in [2.75, 3.05) is 6.61 Å². The number of aromatic hydroxyl groups is 1. The maximum atomic E-state index is 12.1. The highest BCUT2D eigenvalue weighted by Gasteiger charge is 2.22. The van der Waals surface area contributed by atoms with E-state index in [2.05, 4.69) is 5.16 Å². The van der Waals surface area contributed by atoms with E-state index in [1.54, 1.807) is 19.1 Å². The third-order valence-corrected chi connectivity index (χ3v) is 2.93. The first-order valence-electron chi connectivity index (χ1n) is 6.56. The zero-order valence-electron chi connectivity index (χ0n) is 11.5. The summed E-state index contributed by atoms with van der Waals surface area (Å²) >= 11 is 0. The minimum absolute atomic E-state index is 0.150. The van der Waals surface area contributed by atoms with E-state index >= 15 is 0 Å². The van der Waals surface area contributed by atoms with Crippen LogP contribution in [0, 0.1) is 6.92 Å². The second kappa shape index (κ2) is 6.23. The van der Waals surface area contributed by atoms with Crippen LogP contribution in [0.3, 0.4) is 0 Å². The lowest BCUT2D eigenvalue weighted by atomic mass is 10.1. The molecule has 1 aromatic carbocycles. The number of aromatic nitrogens is 1. The van der Waals surface area contributed by atoms with E-state index in [0.29, 0.717) is 29.2 Å². The van der Waals surface area contributed by atoms with Gasteiger partial charge in [0, 0.05) is 5.56 Å². The number of ether oxygens (including phenoxy) is 1. The molecule has 0 saturated carbocycles. The summed E-state index contributed by atoms with van der Waals surface area (Å²) in [5.74, 6) is 0.0846. The highest BCUT2D eigenvalue weighted by molar-refractivity contribution is 5.96. The zero-order chi connectivity index (χ0) is 14.5. The number of phenolic OH excluding ortho intramolecular Hbond substituents is 1. The summed E-state index contributed by atoms with van der Waals surface area (Å²) in [6, 6.07) is 6.38. The largest absolute Gasteiger partial charge is 0.508 e. The van der Waals surface area contributed by atoms with Crippen molar-refractivity contribution in [3.8, 4) is 17.1 Å². The first-order valence-corrected chi connectivity index (χ1v) is 6.56. The fourth-order valence-electron chi connectivity index (χ4n) is 1.80. The molecule has 0 aliphatic rings. The Morgan fingerprint density at radius 2 is 2.05 bits per heavy atom. The predicted molar refractivity (Wildman–Crippen MR) is 73.5 cm³/mol. The van der Waals surface area contributed by atoms with Crippen molar-refractivity contribution in [3.05, 3.63) is 35.5 Å². The van der Waals surface area contributed by atoms with Gasteiger partial charge in [-0.2, -0.15) is 0 Å². The van der Waals surface area contributed by atoms with Crippen LogP contribution in [0.1, 0.15) is 35.8 Å². The average Bonchev–Trinajstić information content (AvgIpc) is 2.82. The van der Waals surface area contributed by atoms with E-state index in [0.717, 1.165) is 12.8 Å². The molecule has 1 heterocycles. The van der Waals surface area contributed by atoms with Gasteiger partial charge in [-0.1, -0.05) is 18.5 Å². The molecule has 2 aromatic rings. The van der Waals surface area contributed by atoms with E-state index in [1.165, 1.54) is 12.1 Å². The third-order valence-electron chi connectivity index (χ3n) is 2.93. The lowest BCUT2D eigenvalue weighted by molar-refractivity contribution is 0.0499.